The van der Waals surface area contributed by atoms with Crippen molar-refractivity contribution in [2.45, 2.75) is 0 Å². The molecule has 2 heterocycles. The van der Waals surface area contributed by atoms with E-state index in [1.54, 1.807) is 6.20 Å². The summed E-state index contributed by atoms with van der Waals surface area (Å²) in [5, 5.41) is 13.0. The Morgan fingerprint density at radius 1 is 1.19 bits per heavy atom. The van der Waals surface area contributed by atoms with Gasteiger partial charge < -0.3 is 16.2 Å². The number of nitrogen functional groups attached to an aromatic ring is 1. The largest absolute Gasteiger partial charge is 0.478 e. The van der Waals surface area contributed by atoms with E-state index in [1.807, 2.05) is 30.3 Å². The van der Waals surface area contributed by atoms with Gasteiger partial charge in [-0.1, -0.05) is 18.2 Å². The molecule has 0 fully saturated rings. The first kappa shape index (κ1) is 12.9. The predicted molar refractivity (Wildman–Crippen MR) is 80.6 cm³/mol. The number of aromatic carboxylic acids is 1. The Morgan fingerprint density at radius 3 is 2.76 bits per heavy atom. The standard InChI is InChI=1S/C15H12N4O2/c16-11-7-10(15(20)21)8-18-14(11)19-12-5-1-3-9-4-2-6-17-13(9)12/h1-8H,16H2,(H,18,19)(H,20,21). The SMILES string of the molecule is Nc1cc(C(=O)O)cnc1Nc1cccc2cccnc12. The molecule has 0 saturated heterocycles. The number of nitrogens with one attached hydrogen (secondary N) is 1. The van der Waals surface area contributed by atoms with E-state index < -0.39 is 5.97 Å². The molecule has 2 aromatic heterocycles. The lowest BCUT2D eigenvalue weighted by molar-refractivity contribution is 0.0696. The predicted octanol–water partition coefficient (Wildman–Crippen LogP) is 2.65. The van der Waals surface area contributed by atoms with Crippen molar-refractivity contribution < 1.29 is 9.90 Å². The molecule has 21 heavy (non-hydrogen) atoms. The fourth-order valence-electron chi connectivity index (χ4n) is 2.04. The van der Waals surface area contributed by atoms with Crippen LogP contribution in [0.2, 0.25) is 0 Å². The van der Waals surface area contributed by atoms with Crippen LogP contribution in [0.15, 0.2) is 48.8 Å². The van der Waals surface area contributed by atoms with Crippen molar-refractivity contribution in [3.8, 4) is 0 Å². The van der Waals surface area contributed by atoms with Crippen LogP contribution in [0.1, 0.15) is 10.4 Å². The third-order valence-electron chi connectivity index (χ3n) is 3.05. The van der Waals surface area contributed by atoms with Gasteiger partial charge in [0.25, 0.3) is 0 Å². The van der Waals surface area contributed by atoms with Crippen molar-refractivity contribution in [2.24, 2.45) is 0 Å². The van der Waals surface area contributed by atoms with Gasteiger partial charge in [-0.05, 0) is 18.2 Å². The smallest absolute Gasteiger partial charge is 0.337 e. The van der Waals surface area contributed by atoms with Gasteiger partial charge in [0.2, 0.25) is 0 Å². The summed E-state index contributed by atoms with van der Waals surface area (Å²) in [6.45, 7) is 0. The molecule has 6 nitrogen and oxygen atoms in total. The number of benzene rings is 1. The van der Waals surface area contributed by atoms with Crippen molar-refractivity contribution in [2.75, 3.05) is 11.1 Å². The van der Waals surface area contributed by atoms with E-state index in [0.717, 1.165) is 16.6 Å². The molecular formula is C15H12N4O2. The maximum absolute atomic E-state index is 10.9. The van der Waals surface area contributed by atoms with Crippen LogP contribution in [0.3, 0.4) is 0 Å². The number of hydrogen-bond donors (Lipinski definition) is 3. The first-order chi connectivity index (χ1) is 10.1. The van der Waals surface area contributed by atoms with Crippen LogP contribution in [-0.4, -0.2) is 21.0 Å². The fraction of sp³-hybridized carbons (Fsp3) is 0. The molecule has 0 atom stereocenters. The molecule has 0 bridgehead atoms. The third-order valence-corrected chi connectivity index (χ3v) is 3.05. The molecule has 0 amide bonds. The van der Waals surface area contributed by atoms with Crippen molar-refractivity contribution in [3.63, 3.8) is 0 Å². The number of rotatable bonds is 3. The highest BCUT2D eigenvalue weighted by atomic mass is 16.4. The van der Waals surface area contributed by atoms with Crippen molar-refractivity contribution >= 4 is 34.1 Å². The Bertz CT molecular complexity index is 828. The molecule has 0 saturated carbocycles. The van der Waals surface area contributed by atoms with Crippen LogP contribution < -0.4 is 11.1 Å². The van der Waals surface area contributed by atoms with E-state index in [1.165, 1.54) is 12.3 Å². The Kier molecular flexibility index (Phi) is 3.12. The van der Waals surface area contributed by atoms with E-state index >= 15 is 0 Å². The first-order valence-electron chi connectivity index (χ1n) is 6.25. The molecule has 3 rings (SSSR count). The molecule has 6 heteroatoms. The number of pyridine rings is 2. The number of anilines is 3. The highest BCUT2D eigenvalue weighted by molar-refractivity contribution is 5.93. The van der Waals surface area contributed by atoms with Gasteiger partial charge in [0.05, 0.1) is 22.5 Å². The average molecular weight is 280 g/mol. The van der Waals surface area contributed by atoms with Crippen LogP contribution in [0.25, 0.3) is 10.9 Å². The number of carboxylic acid groups (broad SMARTS) is 1. The van der Waals surface area contributed by atoms with E-state index in [9.17, 15) is 4.79 Å². The Balaban J connectivity index is 2.01. The van der Waals surface area contributed by atoms with Crippen LogP contribution >= 0.6 is 0 Å². The quantitative estimate of drug-likeness (QED) is 0.681. The summed E-state index contributed by atoms with van der Waals surface area (Å²) < 4.78 is 0. The number of nitrogens with zero attached hydrogens (tertiary/aromatic N) is 2. The summed E-state index contributed by atoms with van der Waals surface area (Å²) in [7, 11) is 0. The van der Waals surface area contributed by atoms with Crippen LogP contribution in [-0.2, 0) is 0 Å². The van der Waals surface area contributed by atoms with Gasteiger partial charge in [-0.3, -0.25) is 4.98 Å². The second-order valence-electron chi connectivity index (χ2n) is 4.47. The van der Waals surface area contributed by atoms with Gasteiger partial charge in [0.15, 0.2) is 5.82 Å². The Morgan fingerprint density at radius 2 is 2.00 bits per heavy atom. The number of aromatic nitrogens is 2. The van der Waals surface area contributed by atoms with Gasteiger partial charge in [0, 0.05) is 17.8 Å². The zero-order valence-electron chi connectivity index (χ0n) is 10.9. The minimum Gasteiger partial charge on any atom is -0.478 e. The van der Waals surface area contributed by atoms with Crippen molar-refractivity contribution in [1.29, 1.82) is 0 Å². The molecule has 0 unspecified atom stereocenters. The van der Waals surface area contributed by atoms with E-state index in [2.05, 4.69) is 15.3 Å². The van der Waals surface area contributed by atoms with Crippen LogP contribution in [0.5, 0.6) is 0 Å². The molecule has 0 aliphatic carbocycles. The normalized spacial score (nSPS) is 10.5. The lowest BCUT2D eigenvalue weighted by Crippen LogP contribution is -2.04. The molecule has 4 N–H and O–H groups in total. The van der Waals surface area contributed by atoms with Crippen molar-refractivity contribution in [1.82, 2.24) is 9.97 Å². The lowest BCUT2D eigenvalue weighted by atomic mass is 10.2. The van der Waals surface area contributed by atoms with Gasteiger partial charge >= 0.3 is 5.97 Å². The maximum Gasteiger partial charge on any atom is 0.337 e. The highest BCUT2D eigenvalue weighted by Crippen LogP contribution is 2.26. The fourth-order valence-corrected chi connectivity index (χ4v) is 2.04. The molecular weight excluding hydrogens is 268 g/mol. The Hall–Kier alpha value is -3.15. The van der Waals surface area contributed by atoms with E-state index in [-0.39, 0.29) is 11.3 Å². The van der Waals surface area contributed by atoms with E-state index in [0.29, 0.717) is 5.82 Å². The summed E-state index contributed by atoms with van der Waals surface area (Å²) in [6, 6.07) is 10.9. The summed E-state index contributed by atoms with van der Waals surface area (Å²) in [5.41, 5.74) is 7.71. The zero-order chi connectivity index (χ0) is 14.8. The minimum absolute atomic E-state index is 0.0501. The van der Waals surface area contributed by atoms with Crippen LogP contribution in [0.4, 0.5) is 17.2 Å². The van der Waals surface area contributed by atoms with Gasteiger partial charge in [-0.25, -0.2) is 9.78 Å². The first-order valence-corrected chi connectivity index (χ1v) is 6.25. The summed E-state index contributed by atoms with van der Waals surface area (Å²) in [5.74, 6) is -0.661. The van der Waals surface area contributed by atoms with Gasteiger partial charge in [-0.15, -0.1) is 0 Å². The lowest BCUT2D eigenvalue weighted by Gasteiger charge is -2.10. The topological polar surface area (TPSA) is 101 Å². The monoisotopic (exact) mass is 280 g/mol. The summed E-state index contributed by atoms with van der Waals surface area (Å²) in [4.78, 5) is 19.3. The second kappa shape index (κ2) is 5.09. The molecule has 0 radical (unpaired) electrons. The molecule has 3 aromatic rings. The Labute approximate surface area is 120 Å². The summed E-state index contributed by atoms with van der Waals surface area (Å²) >= 11 is 0. The number of carboxylic acids is 1. The zero-order valence-corrected chi connectivity index (χ0v) is 10.9. The highest BCUT2D eigenvalue weighted by Gasteiger charge is 2.09. The molecule has 0 spiro atoms. The number of hydrogen-bond acceptors (Lipinski definition) is 5. The average Bonchev–Trinajstić information content (AvgIpc) is 2.49. The summed E-state index contributed by atoms with van der Waals surface area (Å²) in [6.07, 6.45) is 2.97. The van der Waals surface area contributed by atoms with Crippen molar-refractivity contribution in [3.05, 3.63) is 54.4 Å². The van der Waals surface area contributed by atoms with Gasteiger partial charge in [-0.2, -0.15) is 0 Å². The second-order valence-corrected chi connectivity index (χ2v) is 4.47. The number of nitrogens with two attached hydrogens (primary N) is 1. The number of fused-ring (bicyclic) bond motifs is 1. The number of para-hydroxylation sites is 1. The molecule has 0 aliphatic rings. The minimum atomic E-state index is -1.06. The third kappa shape index (κ3) is 2.46. The number of carbonyl (C=O) groups is 1. The molecule has 1 aromatic carbocycles. The van der Waals surface area contributed by atoms with E-state index in [4.69, 9.17) is 10.8 Å². The van der Waals surface area contributed by atoms with Crippen LogP contribution in [0, 0.1) is 0 Å². The maximum atomic E-state index is 10.9. The molecule has 0 aliphatic heterocycles. The molecule has 104 valence electrons. The van der Waals surface area contributed by atoms with Gasteiger partial charge in [0.1, 0.15) is 0 Å².